The fourth-order valence-corrected chi connectivity index (χ4v) is 2.37. The fraction of sp³-hybridized carbons (Fsp3) is 0.400. The van der Waals surface area contributed by atoms with Crippen molar-refractivity contribution in [3.05, 3.63) is 48.3 Å². The third-order valence-corrected chi connectivity index (χ3v) is 3.91. The van der Waals surface area contributed by atoms with Gasteiger partial charge in [0.2, 0.25) is 0 Å². The minimum absolute atomic E-state index is 0.330. The Bertz CT molecular complexity index is 620. The molecule has 0 radical (unpaired) electrons. The van der Waals surface area contributed by atoms with E-state index in [-0.39, 0.29) is 5.75 Å². The van der Waals surface area contributed by atoms with Crippen LogP contribution in [0.5, 0.6) is 11.5 Å². The van der Waals surface area contributed by atoms with Crippen LogP contribution in [0.3, 0.4) is 0 Å². The van der Waals surface area contributed by atoms with Crippen LogP contribution in [0.4, 0.5) is 4.39 Å². The quantitative estimate of drug-likeness (QED) is 0.715. The molecule has 0 aliphatic rings. The van der Waals surface area contributed by atoms with Gasteiger partial charge in [-0.3, -0.25) is 0 Å². The molecular weight excluding hydrogens is 291 g/mol. The van der Waals surface area contributed by atoms with Crippen LogP contribution in [-0.4, -0.2) is 11.7 Å². The molecule has 0 aliphatic heterocycles. The fourth-order valence-electron chi connectivity index (χ4n) is 2.37. The van der Waals surface area contributed by atoms with Crippen molar-refractivity contribution in [2.75, 3.05) is 6.61 Å². The summed E-state index contributed by atoms with van der Waals surface area (Å²) < 4.78 is 19.2. The number of phenols is 1. The molecule has 0 spiro atoms. The molecule has 1 N–H and O–H groups in total. The molecule has 0 saturated heterocycles. The highest BCUT2D eigenvalue weighted by Crippen LogP contribution is 2.26. The van der Waals surface area contributed by atoms with Crippen LogP contribution in [0, 0.1) is 17.7 Å². The predicted octanol–water partition coefficient (Wildman–Crippen LogP) is 5.65. The summed E-state index contributed by atoms with van der Waals surface area (Å²) in [5.41, 5.74) is 1.63. The van der Waals surface area contributed by atoms with Crippen molar-refractivity contribution in [1.29, 1.82) is 0 Å². The maximum atomic E-state index is 13.4. The summed E-state index contributed by atoms with van der Waals surface area (Å²) in [5.74, 6) is 1.14. The van der Waals surface area contributed by atoms with Gasteiger partial charge in [0.05, 0.1) is 6.61 Å². The number of aromatic hydroxyl groups is 1. The van der Waals surface area contributed by atoms with E-state index >= 15 is 0 Å². The van der Waals surface area contributed by atoms with Gasteiger partial charge in [-0.15, -0.1) is 0 Å². The normalized spacial score (nSPS) is 12.4. The lowest BCUT2D eigenvalue weighted by molar-refractivity contribution is 0.245. The van der Waals surface area contributed by atoms with Gasteiger partial charge in [0.1, 0.15) is 5.75 Å². The Hall–Kier alpha value is -2.03. The molecule has 3 heteroatoms. The van der Waals surface area contributed by atoms with Crippen LogP contribution in [0.25, 0.3) is 11.1 Å². The Morgan fingerprint density at radius 2 is 1.61 bits per heavy atom. The van der Waals surface area contributed by atoms with E-state index in [4.69, 9.17) is 4.74 Å². The maximum absolute atomic E-state index is 13.4. The van der Waals surface area contributed by atoms with Crippen LogP contribution < -0.4 is 4.74 Å². The minimum Gasteiger partial charge on any atom is -0.505 e. The summed E-state index contributed by atoms with van der Waals surface area (Å²) in [6.45, 7) is 7.38. The van der Waals surface area contributed by atoms with Gasteiger partial charge in [-0.1, -0.05) is 45.4 Å². The summed E-state index contributed by atoms with van der Waals surface area (Å²) in [4.78, 5) is 0. The van der Waals surface area contributed by atoms with Crippen molar-refractivity contribution in [1.82, 2.24) is 0 Å². The zero-order valence-electron chi connectivity index (χ0n) is 14.1. The molecule has 0 heterocycles. The molecule has 124 valence electrons. The third kappa shape index (κ3) is 5.27. The van der Waals surface area contributed by atoms with E-state index in [1.165, 1.54) is 25.0 Å². The topological polar surface area (TPSA) is 29.5 Å². The van der Waals surface area contributed by atoms with Crippen molar-refractivity contribution < 1.29 is 14.2 Å². The number of phenolic OH excluding ortho intramolecular Hbond substituents is 1. The number of hydrogen-bond donors (Lipinski definition) is 1. The minimum atomic E-state index is -0.609. The molecule has 1 atom stereocenters. The van der Waals surface area contributed by atoms with Crippen molar-refractivity contribution in [2.24, 2.45) is 11.8 Å². The highest BCUT2D eigenvalue weighted by Gasteiger charge is 2.07. The molecule has 2 aromatic carbocycles. The summed E-state index contributed by atoms with van der Waals surface area (Å²) in [7, 11) is 0. The van der Waals surface area contributed by atoms with E-state index in [9.17, 15) is 9.50 Å². The summed E-state index contributed by atoms with van der Waals surface area (Å²) >= 11 is 0. The number of rotatable bonds is 7. The van der Waals surface area contributed by atoms with E-state index in [1.54, 1.807) is 6.07 Å². The van der Waals surface area contributed by atoms with Gasteiger partial charge in [-0.25, -0.2) is 4.39 Å². The predicted molar refractivity (Wildman–Crippen MR) is 92.2 cm³/mol. The number of ether oxygens (including phenoxy) is 1. The van der Waals surface area contributed by atoms with Crippen LogP contribution in [0.15, 0.2) is 42.5 Å². The Labute approximate surface area is 137 Å². The second-order valence-electron chi connectivity index (χ2n) is 6.58. The van der Waals surface area contributed by atoms with Gasteiger partial charge in [0.15, 0.2) is 11.6 Å². The summed E-state index contributed by atoms with van der Waals surface area (Å²) in [6.07, 6.45) is 2.39. The Morgan fingerprint density at radius 1 is 0.957 bits per heavy atom. The Kier molecular flexibility index (Phi) is 6.03. The molecule has 0 bridgehead atoms. The molecule has 2 rings (SSSR count). The first-order valence-electron chi connectivity index (χ1n) is 8.17. The standard InChI is InChI=1S/C20H25FO2/c1-14(2)4-5-15(3)13-23-18-9-6-16(7-10-18)17-8-11-20(22)19(21)12-17/h6-12,14-15,22H,4-5,13H2,1-3H3. The second kappa shape index (κ2) is 8.00. The SMILES string of the molecule is CC(C)CCC(C)COc1ccc(-c2ccc(O)c(F)c2)cc1. The number of benzene rings is 2. The molecular formula is C20H25FO2. The van der Waals surface area contributed by atoms with E-state index in [0.29, 0.717) is 12.5 Å². The van der Waals surface area contributed by atoms with Gasteiger partial charge in [0, 0.05) is 0 Å². The summed E-state index contributed by atoms with van der Waals surface area (Å²) in [6, 6.07) is 12.0. The first-order chi connectivity index (χ1) is 11.0. The van der Waals surface area contributed by atoms with Crippen LogP contribution >= 0.6 is 0 Å². The number of halogens is 1. The lowest BCUT2D eigenvalue weighted by Gasteiger charge is -2.14. The van der Waals surface area contributed by atoms with Crippen LogP contribution in [-0.2, 0) is 0 Å². The van der Waals surface area contributed by atoms with Crippen molar-refractivity contribution in [3.63, 3.8) is 0 Å². The monoisotopic (exact) mass is 316 g/mol. The zero-order valence-corrected chi connectivity index (χ0v) is 14.1. The Balaban J connectivity index is 1.93. The van der Waals surface area contributed by atoms with E-state index in [1.807, 2.05) is 24.3 Å². The molecule has 0 amide bonds. The van der Waals surface area contributed by atoms with Gasteiger partial charge in [0.25, 0.3) is 0 Å². The molecule has 0 aromatic heterocycles. The number of hydrogen-bond acceptors (Lipinski definition) is 2. The van der Waals surface area contributed by atoms with Gasteiger partial charge < -0.3 is 9.84 Å². The van der Waals surface area contributed by atoms with Crippen LogP contribution in [0.1, 0.15) is 33.6 Å². The summed E-state index contributed by atoms with van der Waals surface area (Å²) in [5, 5.41) is 9.24. The van der Waals surface area contributed by atoms with Crippen molar-refractivity contribution in [3.8, 4) is 22.6 Å². The third-order valence-electron chi connectivity index (χ3n) is 3.91. The van der Waals surface area contributed by atoms with E-state index in [0.717, 1.165) is 22.8 Å². The van der Waals surface area contributed by atoms with Gasteiger partial charge in [-0.05, 0) is 53.6 Å². The lowest BCUT2D eigenvalue weighted by atomic mass is 10.0. The largest absolute Gasteiger partial charge is 0.505 e. The van der Waals surface area contributed by atoms with Crippen LogP contribution in [0.2, 0.25) is 0 Å². The van der Waals surface area contributed by atoms with Crippen molar-refractivity contribution >= 4 is 0 Å². The van der Waals surface area contributed by atoms with Crippen molar-refractivity contribution in [2.45, 2.75) is 33.6 Å². The van der Waals surface area contributed by atoms with Gasteiger partial charge >= 0.3 is 0 Å². The van der Waals surface area contributed by atoms with Gasteiger partial charge in [-0.2, -0.15) is 0 Å². The molecule has 1 unspecified atom stereocenters. The molecule has 2 nitrogen and oxygen atoms in total. The molecule has 23 heavy (non-hydrogen) atoms. The average Bonchev–Trinajstić information content (AvgIpc) is 2.54. The smallest absolute Gasteiger partial charge is 0.165 e. The van der Waals surface area contributed by atoms with E-state index < -0.39 is 5.82 Å². The Morgan fingerprint density at radius 3 is 2.22 bits per heavy atom. The second-order valence-corrected chi connectivity index (χ2v) is 6.58. The first kappa shape index (κ1) is 17.3. The highest BCUT2D eigenvalue weighted by atomic mass is 19.1. The first-order valence-corrected chi connectivity index (χ1v) is 8.17. The maximum Gasteiger partial charge on any atom is 0.165 e. The molecule has 0 aliphatic carbocycles. The molecule has 0 saturated carbocycles. The molecule has 0 fully saturated rings. The highest BCUT2D eigenvalue weighted by molar-refractivity contribution is 5.65. The molecule has 2 aromatic rings. The zero-order chi connectivity index (χ0) is 16.8. The average molecular weight is 316 g/mol. The van der Waals surface area contributed by atoms with E-state index in [2.05, 4.69) is 20.8 Å². The lowest BCUT2D eigenvalue weighted by Crippen LogP contribution is -2.09.